The third-order valence-electron chi connectivity index (χ3n) is 4.85. The largest absolute Gasteiger partial charge is 0.354 e. The third kappa shape index (κ3) is 4.67. The number of benzene rings is 1. The first-order chi connectivity index (χ1) is 12.0. The van der Waals surface area contributed by atoms with Gasteiger partial charge in [0.25, 0.3) is 0 Å². The number of pyridine rings is 1. The van der Waals surface area contributed by atoms with E-state index in [2.05, 4.69) is 54.6 Å². The van der Waals surface area contributed by atoms with Crippen LogP contribution in [-0.2, 0) is 4.79 Å². The van der Waals surface area contributed by atoms with E-state index < -0.39 is 0 Å². The molecule has 2 aromatic rings. The number of nitrogens with zero attached hydrogens (tertiary/aromatic N) is 1. The van der Waals surface area contributed by atoms with Crippen LogP contribution < -0.4 is 10.6 Å². The zero-order valence-electron chi connectivity index (χ0n) is 15.2. The van der Waals surface area contributed by atoms with Crippen LogP contribution in [0.3, 0.4) is 0 Å². The van der Waals surface area contributed by atoms with Crippen LogP contribution in [0.2, 0.25) is 0 Å². The molecule has 0 aliphatic heterocycles. The van der Waals surface area contributed by atoms with Crippen molar-refractivity contribution in [3.63, 3.8) is 0 Å². The standard InChI is InChI=1S/C21H27N3O/c1-15(16-8-5-4-6-9-16)24-21(2,3)14-23-20(25)19-12-18(19)17-10-7-11-22-13-17/h4-11,13,15,18-19,24H,12,14H2,1-3H3,(H,23,25)/t15-,18-,19-/m0/s1. The summed E-state index contributed by atoms with van der Waals surface area (Å²) >= 11 is 0. The van der Waals surface area contributed by atoms with Gasteiger partial charge in [-0.05, 0) is 50.3 Å². The van der Waals surface area contributed by atoms with Crippen molar-refractivity contribution in [1.82, 2.24) is 15.6 Å². The highest BCUT2D eigenvalue weighted by Gasteiger charge is 2.44. The van der Waals surface area contributed by atoms with Gasteiger partial charge in [-0.3, -0.25) is 9.78 Å². The topological polar surface area (TPSA) is 54.0 Å². The van der Waals surface area contributed by atoms with Gasteiger partial charge in [0.2, 0.25) is 5.91 Å². The summed E-state index contributed by atoms with van der Waals surface area (Å²) in [5, 5.41) is 6.72. The Bertz CT molecular complexity index is 700. The summed E-state index contributed by atoms with van der Waals surface area (Å²) in [5.74, 6) is 0.565. The van der Waals surface area contributed by atoms with Crippen molar-refractivity contribution in [3.05, 3.63) is 66.0 Å². The molecule has 0 saturated heterocycles. The highest BCUT2D eigenvalue weighted by molar-refractivity contribution is 5.82. The van der Waals surface area contributed by atoms with E-state index in [4.69, 9.17) is 0 Å². The lowest BCUT2D eigenvalue weighted by atomic mass is 10.0. The Hall–Kier alpha value is -2.20. The molecule has 0 bridgehead atoms. The monoisotopic (exact) mass is 337 g/mol. The lowest BCUT2D eigenvalue weighted by molar-refractivity contribution is -0.122. The highest BCUT2D eigenvalue weighted by Crippen LogP contribution is 2.47. The molecule has 132 valence electrons. The Morgan fingerprint density at radius 1 is 1.24 bits per heavy atom. The fraction of sp³-hybridized carbons (Fsp3) is 0.429. The number of rotatable bonds is 7. The minimum atomic E-state index is -0.177. The lowest BCUT2D eigenvalue weighted by Gasteiger charge is -2.31. The molecule has 25 heavy (non-hydrogen) atoms. The van der Waals surface area contributed by atoms with Crippen LogP contribution in [0.25, 0.3) is 0 Å². The van der Waals surface area contributed by atoms with Crippen molar-refractivity contribution in [2.24, 2.45) is 5.92 Å². The van der Waals surface area contributed by atoms with E-state index in [0.717, 1.165) is 12.0 Å². The summed E-state index contributed by atoms with van der Waals surface area (Å²) in [5.41, 5.74) is 2.24. The number of carbonyl (C=O) groups excluding carboxylic acids is 1. The fourth-order valence-electron chi connectivity index (χ4n) is 3.35. The van der Waals surface area contributed by atoms with Gasteiger partial charge < -0.3 is 10.6 Å². The quantitative estimate of drug-likeness (QED) is 0.814. The molecule has 1 amide bonds. The number of hydrogen-bond acceptors (Lipinski definition) is 3. The summed E-state index contributed by atoms with van der Waals surface area (Å²) < 4.78 is 0. The van der Waals surface area contributed by atoms with Gasteiger partial charge in [0.05, 0.1) is 0 Å². The van der Waals surface area contributed by atoms with Crippen molar-refractivity contribution in [2.75, 3.05) is 6.54 Å². The van der Waals surface area contributed by atoms with Gasteiger partial charge in [0.15, 0.2) is 0 Å². The molecule has 0 unspecified atom stereocenters. The molecular weight excluding hydrogens is 310 g/mol. The molecule has 3 atom stereocenters. The Kier molecular flexibility index (Phi) is 5.19. The zero-order chi connectivity index (χ0) is 17.9. The molecule has 3 rings (SSSR count). The Morgan fingerprint density at radius 3 is 2.68 bits per heavy atom. The number of nitrogens with one attached hydrogen (secondary N) is 2. The molecule has 1 saturated carbocycles. The second kappa shape index (κ2) is 7.36. The first kappa shape index (κ1) is 17.6. The van der Waals surface area contributed by atoms with Gasteiger partial charge in [-0.25, -0.2) is 0 Å². The van der Waals surface area contributed by atoms with E-state index in [9.17, 15) is 4.79 Å². The maximum Gasteiger partial charge on any atom is 0.223 e. The van der Waals surface area contributed by atoms with Gasteiger partial charge in [-0.15, -0.1) is 0 Å². The van der Waals surface area contributed by atoms with Crippen LogP contribution in [0.4, 0.5) is 0 Å². The average Bonchev–Trinajstić information content (AvgIpc) is 3.42. The Labute approximate surface area is 150 Å². The molecule has 1 fully saturated rings. The summed E-state index contributed by atoms with van der Waals surface area (Å²) in [6, 6.07) is 14.6. The van der Waals surface area contributed by atoms with E-state index in [1.165, 1.54) is 5.56 Å². The van der Waals surface area contributed by atoms with Gasteiger partial charge in [-0.2, -0.15) is 0 Å². The van der Waals surface area contributed by atoms with E-state index >= 15 is 0 Å². The van der Waals surface area contributed by atoms with Crippen LogP contribution >= 0.6 is 0 Å². The molecule has 1 aliphatic carbocycles. The molecule has 0 radical (unpaired) electrons. The number of aromatic nitrogens is 1. The van der Waals surface area contributed by atoms with E-state index in [-0.39, 0.29) is 23.4 Å². The fourth-order valence-corrected chi connectivity index (χ4v) is 3.35. The van der Waals surface area contributed by atoms with Crippen molar-refractivity contribution in [1.29, 1.82) is 0 Å². The van der Waals surface area contributed by atoms with Crippen molar-refractivity contribution in [3.8, 4) is 0 Å². The molecule has 1 aliphatic rings. The van der Waals surface area contributed by atoms with Crippen LogP contribution in [0.15, 0.2) is 54.9 Å². The van der Waals surface area contributed by atoms with E-state index in [1.807, 2.05) is 30.5 Å². The molecule has 0 spiro atoms. The maximum absolute atomic E-state index is 12.4. The van der Waals surface area contributed by atoms with Crippen LogP contribution in [0.1, 0.15) is 50.3 Å². The predicted octanol–water partition coefficient (Wildman–Crippen LogP) is 3.43. The van der Waals surface area contributed by atoms with Crippen molar-refractivity contribution in [2.45, 2.75) is 44.7 Å². The number of hydrogen-bond donors (Lipinski definition) is 2. The van der Waals surface area contributed by atoms with Gasteiger partial charge in [-0.1, -0.05) is 36.4 Å². The van der Waals surface area contributed by atoms with Crippen LogP contribution in [0.5, 0.6) is 0 Å². The van der Waals surface area contributed by atoms with Gasteiger partial charge in [0.1, 0.15) is 0 Å². The molecule has 2 N–H and O–H groups in total. The van der Waals surface area contributed by atoms with E-state index in [0.29, 0.717) is 12.5 Å². The first-order valence-electron chi connectivity index (χ1n) is 8.96. The van der Waals surface area contributed by atoms with Gasteiger partial charge in [0, 0.05) is 36.4 Å². The second-order valence-corrected chi connectivity index (χ2v) is 7.61. The number of amides is 1. The molecule has 4 nitrogen and oxygen atoms in total. The normalized spacial score (nSPS) is 20.8. The maximum atomic E-state index is 12.4. The molecule has 4 heteroatoms. The van der Waals surface area contributed by atoms with Crippen LogP contribution in [-0.4, -0.2) is 23.0 Å². The highest BCUT2D eigenvalue weighted by atomic mass is 16.2. The summed E-state index contributed by atoms with van der Waals surface area (Å²) in [6.07, 6.45) is 4.56. The first-order valence-corrected chi connectivity index (χ1v) is 8.96. The average molecular weight is 337 g/mol. The molecule has 1 heterocycles. The molecule has 1 aromatic carbocycles. The summed E-state index contributed by atoms with van der Waals surface area (Å²) in [6.45, 7) is 7.01. The second-order valence-electron chi connectivity index (χ2n) is 7.61. The lowest BCUT2D eigenvalue weighted by Crippen LogP contribution is -2.50. The minimum Gasteiger partial charge on any atom is -0.354 e. The molecular formula is C21H27N3O. The molecule has 1 aromatic heterocycles. The van der Waals surface area contributed by atoms with Crippen molar-refractivity contribution < 1.29 is 4.79 Å². The van der Waals surface area contributed by atoms with E-state index in [1.54, 1.807) is 6.20 Å². The third-order valence-corrected chi connectivity index (χ3v) is 4.85. The Morgan fingerprint density at radius 2 is 2.00 bits per heavy atom. The van der Waals surface area contributed by atoms with Crippen molar-refractivity contribution >= 4 is 5.91 Å². The zero-order valence-corrected chi connectivity index (χ0v) is 15.2. The summed E-state index contributed by atoms with van der Waals surface area (Å²) in [7, 11) is 0. The summed E-state index contributed by atoms with van der Waals surface area (Å²) in [4.78, 5) is 16.6. The predicted molar refractivity (Wildman–Crippen MR) is 100 cm³/mol. The Balaban J connectivity index is 1.48. The van der Waals surface area contributed by atoms with Gasteiger partial charge >= 0.3 is 0 Å². The minimum absolute atomic E-state index is 0.0894. The number of carbonyl (C=O) groups is 1. The SMILES string of the molecule is C[C@H](NC(C)(C)CNC(=O)[C@H]1C[C@H]1c1cccnc1)c1ccccc1. The smallest absolute Gasteiger partial charge is 0.223 e. The van der Waals surface area contributed by atoms with Crippen LogP contribution in [0, 0.1) is 5.92 Å².